The van der Waals surface area contributed by atoms with E-state index >= 15 is 0 Å². The lowest BCUT2D eigenvalue weighted by Crippen LogP contribution is -2.36. The van der Waals surface area contributed by atoms with Gasteiger partial charge in [0.25, 0.3) is 17.4 Å². The number of hydrogen-bond donors (Lipinski definition) is 3. The Labute approximate surface area is 220 Å². The molecule has 0 unspecified atom stereocenters. The lowest BCUT2D eigenvalue weighted by Gasteiger charge is -2.15. The first-order valence-corrected chi connectivity index (χ1v) is 12.7. The highest BCUT2D eigenvalue weighted by Gasteiger charge is 2.35. The third kappa shape index (κ3) is 4.36. The van der Waals surface area contributed by atoms with Crippen molar-refractivity contribution in [3.05, 3.63) is 69.5 Å². The molecule has 0 bridgehead atoms. The second-order valence-corrected chi connectivity index (χ2v) is 10.4. The van der Waals surface area contributed by atoms with Crippen LogP contribution in [0.5, 0.6) is 0 Å². The Balaban J connectivity index is 1.21. The van der Waals surface area contributed by atoms with E-state index in [0.29, 0.717) is 30.3 Å². The number of aromatic nitrogens is 6. The van der Waals surface area contributed by atoms with Gasteiger partial charge in [-0.3, -0.25) is 19.1 Å². The summed E-state index contributed by atoms with van der Waals surface area (Å²) in [6.07, 6.45) is 5.27. The number of pyridine rings is 2. The number of carbonyl (C=O) groups is 1. The van der Waals surface area contributed by atoms with Crippen molar-refractivity contribution in [2.24, 2.45) is 0 Å². The maximum absolute atomic E-state index is 13.4. The van der Waals surface area contributed by atoms with Gasteiger partial charge in [-0.05, 0) is 48.3 Å². The van der Waals surface area contributed by atoms with Crippen LogP contribution < -0.4 is 21.9 Å². The number of thiophene rings is 1. The van der Waals surface area contributed by atoms with Crippen molar-refractivity contribution in [1.29, 1.82) is 0 Å². The average Bonchev–Trinajstić information content (AvgIpc) is 3.61. The van der Waals surface area contributed by atoms with Crippen molar-refractivity contribution >= 4 is 44.8 Å². The number of amides is 1. The minimum atomic E-state index is -0.689. The molecule has 0 fully saturated rings. The monoisotopic (exact) mass is 529 g/mol. The number of nitrogens with zero attached hydrogens (tertiary/aromatic N) is 6. The van der Waals surface area contributed by atoms with Crippen LogP contribution >= 0.6 is 11.3 Å². The molecule has 2 atom stereocenters. The fraction of sp³-hybridized carbons (Fsp3) is 0.240. The highest BCUT2D eigenvalue weighted by atomic mass is 32.1. The number of nitrogens with two attached hydrogens (primary N) is 1. The molecule has 13 heteroatoms. The second kappa shape index (κ2) is 9.34. The molecule has 4 N–H and O–H groups in total. The SMILES string of the molecule is Cc1ccnc(-c2nc(Nc3cnc4n(c3=O)[C@H](C(=O)NCc3cc5cnc(N)cc5s3)C[C@H]4C)no2)c1. The largest absolute Gasteiger partial charge is 0.384 e. The standard InChI is InChI=1S/C25H23N9O3S/c1-12-3-4-27-16(5-12)23-32-25(33-37-23)31-17-11-29-21-13(2)6-18(34(21)24(17)36)22(35)30-10-15-7-14-9-28-20(26)8-19(14)38-15/h3-5,7-9,11,13,18H,6,10H2,1-2H3,(H2,26,28)(H,30,35)(H,31,33)/t13-,18+/m1/s1. The van der Waals surface area contributed by atoms with E-state index < -0.39 is 6.04 Å². The average molecular weight is 530 g/mol. The molecule has 0 radical (unpaired) electrons. The van der Waals surface area contributed by atoms with Crippen LogP contribution in [0.4, 0.5) is 17.5 Å². The summed E-state index contributed by atoms with van der Waals surface area (Å²) in [5.41, 5.74) is 7.05. The molecule has 0 saturated heterocycles. The molecule has 0 aromatic carbocycles. The van der Waals surface area contributed by atoms with Gasteiger partial charge in [0, 0.05) is 33.3 Å². The molecule has 1 aliphatic heterocycles. The first-order valence-electron chi connectivity index (χ1n) is 11.9. The molecule has 1 amide bonds. The van der Waals surface area contributed by atoms with Crippen LogP contribution in [-0.2, 0) is 11.3 Å². The summed E-state index contributed by atoms with van der Waals surface area (Å²) < 4.78 is 7.75. The fourth-order valence-corrected chi connectivity index (χ4v) is 5.56. The van der Waals surface area contributed by atoms with Crippen molar-refractivity contribution < 1.29 is 9.32 Å². The summed E-state index contributed by atoms with van der Waals surface area (Å²) in [6, 6.07) is 6.77. The van der Waals surface area contributed by atoms with Crippen molar-refractivity contribution in [3.63, 3.8) is 0 Å². The number of nitrogen functional groups attached to an aromatic ring is 1. The van der Waals surface area contributed by atoms with E-state index in [2.05, 4.69) is 35.7 Å². The zero-order valence-electron chi connectivity index (χ0n) is 20.5. The van der Waals surface area contributed by atoms with Crippen LogP contribution in [-0.4, -0.2) is 35.6 Å². The van der Waals surface area contributed by atoms with E-state index in [4.69, 9.17) is 10.3 Å². The number of fused-ring (bicyclic) bond motifs is 2. The summed E-state index contributed by atoms with van der Waals surface area (Å²) >= 11 is 1.54. The van der Waals surface area contributed by atoms with Gasteiger partial charge in [-0.25, -0.2) is 9.97 Å². The molecule has 0 saturated carbocycles. The summed E-state index contributed by atoms with van der Waals surface area (Å²) in [4.78, 5) is 44.7. The van der Waals surface area contributed by atoms with Gasteiger partial charge in [-0.15, -0.1) is 11.3 Å². The Morgan fingerprint density at radius 1 is 1.24 bits per heavy atom. The summed E-state index contributed by atoms with van der Waals surface area (Å²) in [7, 11) is 0. The summed E-state index contributed by atoms with van der Waals surface area (Å²) in [5, 5.41) is 10.7. The van der Waals surface area contributed by atoms with Crippen LogP contribution in [0.25, 0.3) is 21.7 Å². The maximum Gasteiger partial charge on any atom is 0.278 e. The molecular formula is C25H23N9O3S. The molecule has 6 rings (SSSR count). The Morgan fingerprint density at radius 2 is 2.11 bits per heavy atom. The number of carbonyl (C=O) groups excluding carboxylic acids is 1. The van der Waals surface area contributed by atoms with Gasteiger partial charge in [0.15, 0.2) is 0 Å². The number of anilines is 3. The van der Waals surface area contributed by atoms with Crippen LogP contribution in [0.15, 0.2) is 52.2 Å². The van der Waals surface area contributed by atoms with E-state index in [1.807, 2.05) is 38.1 Å². The van der Waals surface area contributed by atoms with E-state index in [0.717, 1.165) is 20.5 Å². The molecule has 38 heavy (non-hydrogen) atoms. The highest BCUT2D eigenvalue weighted by molar-refractivity contribution is 7.19. The second-order valence-electron chi connectivity index (χ2n) is 9.20. The quantitative estimate of drug-likeness (QED) is 0.297. The Bertz CT molecular complexity index is 1740. The Morgan fingerprint density at radius 3 is 2.95 bits per heavy atom. The van der Waals surface area contributed by atoms with Gasteiger partial charge in [-0.1, -0.05) is 6.92 Å². The fourth-order valence-electron chi connectivity index (χ4n) is 4.54. The van der Waals surface area contributed by atoms with Gasteiger partial charge in [0.05, 0.1) is 12.7 Å². The lowest BCUT2D eigenvalue weighted by atomic mass is 10.1. The van der Waals surface area contributed by atoms with E-state index in [1.165, 1.54) is 22.1 Å². The third-order valence-corrected chi connectivity index (χ3v) is 7.47. The predicted octanol–water partition coefficient (Wildman–Crippen LogP) is 3.30. The van der Waals surface area contributed by atoms with Gasteiger partial charge in [0.2, 0.25) is 5.91 Å². The van der Waals surface area contributed by atoms with Gasteiger partial charge in [0.1, 0.15) is 29.1 Å². The van der Waals surface area contributed by atoms with Crippen molar-refractivity contribution in [3.8, 4) is 11.6 Å². The molecule has 0 spiro atoms. The molecule has 5 aromatic heterocycles. The molecule has 12 nitrogen and oxygen atoms in total. The number of nitrogens with one attached hydrogen (secondary N) is 2. The third-order valence-electron chi connectivity index (χ3n) is 6.37. The Kier molecular flexibility index (Phi) is 5.83. The first kappa shape index (κ1) is 23.7. The topological polar surface area (TPSA) is 167 Å². The normalized spacial score (nSPS) is 16.5. The predicted molar refractivity (Wildman–Crippen MR) is 142 cm³/mol. The first-order chi connectivity index (χ1) is 18.4. The maximum atomic E-state index is 13.4. The van der Waals surface area contributed by atoms with Gasteiger partial charge >= 0.3 is 0 Å². The van der Waals surface area contributed by atoms with E-state index in [1.54, 1.807) is 12.4 Å². The highest BCUT2D eigenvalue weighted by Crippen LogP contribution is 2.34. The van der Waals surface area contributed by atoms with Crippen LogP contribution in [0.2, 0.25) is 0 Å². The number of aryl methyl sites for hydroxylation is 1. The molecule has 6 heterocycles. The molecule has 0 aliphatic carbocycles. The Hall–Kier alpha value is -4.65. The van der Waals surface area contributed by atoms with Crippen LogP contribution in [0, 0.1) is 6.92 Å². The summed E-state index contributed by atoms with van der Waals surface area (Å²) in [6.45, 7) is 4.21. The van der Waals surface area contributed by atoms with Crippen LogP contribution in [0.1, 0.15) is 41.6 Å². The minimum Gasteiger partial charge on any atom is -0.384 e. The van der Waals surface area contributed by atoms with Gasteiger partial charge < -0.3 is 20.9 Å². The van der Waals surface area contributed by atoms with Gasteiger partial charge in [-0.2, -0.15) is 4.98 Å². The van der Waals surface area contributed by atoms with E-state index in [9.17, 15) is 9.59 Å². The minimum absolute atomic E-state index is 0.0601. The number of hydrogen-bond acceptors (Lipinski definition) is 11. The molecule has 192 valence electrons. The smallest absolute Gasteiger partial charge is 0.278 e. The zero-order valence-corrected chi connectivity index (χ0v) is 21.3. The molecular weight excluding hydrogens is 506 g/mol. The molecule has 5 aromatic rings. The van der Waals surface area contributed by atoms with Crippen LogP contribution in [0.3, 0.4) is 0 Å². The number of rotatable bonds is 6. The lowest BCUT2D eigenvalue weighted by molar-refractivity contribution is -0.124. The summed E-state index contributed by atoms with van der Waals surface area (Å²) in [5.74, 6) is 1.01. The van der Waals surface area contributed by atoms with Crippen molar-refractivity contribution in [2.75, 3.05) is 11.1 Å². The van der Waals surface area contributed by atoms with Crippen molar-refractivity contribution in [2.45, 2.75) is 38.8 Å². The van der Waals surface area contributed by atoms with E-state index in [-0.39, 0.29) is 34.9 Å². The van der Waals surface area contributed by atoms with Crippen molar-refractivity contribution in [1.82, 2.24) is 35.0 Å². The zero-order chi connectivity index (χ0) is 26.4. The molecule has 1 aliphatic rings.